The maximum Gasteiger partial charge on any atom is 0.222 e. The quantitative estimate of drug-likeness (QED) is 0.326. The Bertz CT molecular complexity index is 826. The molecule has 2 N–H and O–H groups in total. The van der Waals surface area contributed by atoms with Gasteiger partial charge in [0.1, 0.15) is 0 Å². The molecule has 0 aliphatic carbocycles. The van der Waals surface area contributed by atoms with Gasteiger partial charge in [0.2, 0.25) is 5.91 Å². The van der Waals surface area contributed by atoms with Crippen molar-refractivity contribution in [2.75, 3.05) is 20.1 Å². The van der Waals surface area contributed by atoms with Crippen LogP contribution in [0.2, 0.25) is 5.02 Å². The molecule has 0 atom stereocenters. The summed E-state index contributed by atoms with van der Waals surface area (Å²) in [5, 5.41) is 7.42. The fourth-order valence-corrected chi connectivity index (χ4v) is 3.49. The number of carbonyl (C=O) groups is 1. The van der Waals surface area contributed by atoms with Gasteiger partial charge in [0, 0.05) is 44.7 Å². The predicted molar refractivity (Wildman–Crippen MR) is 130 cm³/mol. The van der Waals surface area contributed by atoms with Gasteiger partial charge in [-0.05, 0) is 41.7 Å². The summed E-state index contributed by atoms with van der Waals surface area (Å²) in [7, 11) is 1.77. The average molecular weight is 527 g/mol. The van der Waals surface area contributed by atoms with Crippen molar-refractivity contribution in [3.05, 3.63) is 70.2 Å². The maximum absolute atomic E-state index is 11.7. The molecule has 2 aromatic carbocycles. The van der Waals surface area contributed by atoms with E-state index in [1.54, 1.807) is 7.05 Å². The summed E-state index contributed by atoms with van der Waals surface area (Å²) in [5.41, 5.74) is 3.54. The van der Waals surface area contributed by atoms with Crippen LogP contribution in [0, 0.1) is 0 Å². The Hall–Kier alpha value is -1.80. The second-order valence-electron chi connectivity index (χ2n) is 6.97. The summed E-state index contributed by atoms with van der Waals surface area (Å²) in [6.07, 6.45) is 2.54. The van der Waals surface area contributed by atoms with Crippen molar-refractivity contribution < 1.29 is 4.79 Å². The first-order valence-electron chi connectivity index (χ1n) is 9.68. The lowest BCUT2D eigenvalue weighted by atomic mass is 10.1. The number of carbonyl (C=O) groups excluding carboxylic acids is 1. The molecule has 0 bridgehead atoms. The Kier molecular flexibility index (Phi) is 9.73. The van der Waals surface area contributed by atoms with Crippen LogP contribution in [0.5, 0.6) is 0 Å². The number of guanidine groups is 1. The molecule has 0 aromatic heterocycles. The zero-order valence-corrected chi connectivity index (χ0v) is 19.7. The van der Waals surface area contributed by atoms with E-state index in [9.17, 15) is 4.79 Å². The third-order valence-corrected chi connectivity index (χ3v) is 5.08. The van der Waals surface area contributed by atoms with Crippen LogP contribution in [0.1, 0.15) is 29.5 Å². The predicted octanol–water partition coefficient (Wildman–Crippen LogP) is 3.99. The summed E-state index contributed by atoms with van der Waals surface area (Å²) in [6.45, 7) is 3.06. The molecule has 0 spiro atoms. The summed E-state index contributed by atoms with van der Waals surface area (Å²) in [4.78, 5) is 17.9. The van der Waals surface area contributed by atoms with Gasteiger partial charge < -0.3 is 15.5 Å². The minimum atomic E-state index is 0. The van der Waals surface area contributed by atoms with E-state index in [1.807, 2.05) is 23.1 Å². The standard InChI is InChI=1S/C22H27ClN4O.HI/c1-24-22(25-12-11-17-4-2-5-20(23)14-17)26-15-18-7-9-19(10-8-18)16-27-13-3-6-21(27)28;/h2,4-5,7-10,14H,3,6,11-13,15-16H2,1H3,(H2,24,25,26);1H. The molecule has 1 saturated heterocycles. The van der Waals surface area contributed by atoms with Crippen molar-refractivity contribution in [3.63, 3.8) is 0 Å². The molecule has 0 radical (unpaired) electrons. The minimum absolute atomic E-state index is 0. The fourth-order valence-electron chi connectivity index (χ4n) is 3.28. The van der Waals surface area contributed by atoms with Gasteiger partial charge in [0.15, 0.2) is 5.96 Å². The highest BCUT2D eigenvalue weighted by molar-refractivity contribution is 14.0. The first kappa shape index (κ1) is 23.5. The largest absolute Gasteiger partial charge is 0.356 e. The zero-order valence-electron chi connectivity index (χ0n) is 16.7. The molecule has 156 valence electrons. The Morgan fingerprint density at radius 1 is 1.10 bits per heavy atom. The van der Waals surface area contributed by atoms with Gasteiger partial charge in [0.25, 0.3) is 0 Å². The molecule has 3 rings (SSSR count). The number of hydrogen-bond donors (Lipinski definition) is 2. The van der Waals surface area contributed by atoms with E-state index >= 15 is 0 Å². The molecule has 1 amide bonds. The zero-order chi connectivity index (χ0) is 19.8. The third kappa shape index (κ3) is 7.51. The summed E-state index contributed by atoms with van der Waals surface area (Å²) < 4.78 is 0. The number of aliphatic imine (C=N–C) groups is 1. The number of halogens is 2. The Morgan fingerprint density at radius 2 is 1.86 bits per heavy atom. The van der Waals surface area contributed by atoms with Crippen LogP contribution in [-0.4, -0.2) is 36.9 Å². The molecule has 2 aromatic rings. The minimum Gasteiger partial charge on any atom is -0.356 e. The number of hydrogen-bond acceptors (Lipinski definition) is 2. The van der Waals surface area contributed by atoms with Crippen LogP contribution in [0.4, 0.5) is 0 Å². The highest BCUT2D eigenvalue weighted by Gasteiger charge is 2.19. The van der Waals surface area contributed by atoms with E-state index < -0.39 is 0 Å². The molecule has 29 heavy (non-hydrogen) atoms. The first-order valence-corrected chi connectivity index (χ1v) is 10.1. The highest BCUT2D eigenvalue weighted by atomic mass is 127. The van der Waals surface area contributed by atoms with Gasteiger partial charge in [-0.1, -0.05) is 48.0 Å². The van der Waals surface area contributed by atoms with Gasteiger partial charge in [0.05, 0.1) is 0 Å². The number of likely N-dealkylation sites (tertiary alicyclic amines) is 1. The second-order valence-corrected chi connectivity index (χ2v) is 7.40. The maximum atomic E-state index is 11.7. The molecule has 5 nitrogen and oxygen atoms in total. The molecule has 0 unspecified atom stereocenters. The third-order valence-electron chi connectivity index (χ3n) is 4.85. The van der Waals surface area contributed by atoms with Crippen molar-refractivity contribution in [3.8, 4) is 0 Å². The van der Waals surface area contributed by atoms with Crippen LogP contribution in [-0.2, 0) is 24.3 Å². The van der Waals surface area contributed by atoms with Gasteiger partial charge in [-0.3, -0.25) is 9.79 Å². The molecular formula is C22H28ClIN4O. The Balaban J connectivity index is 0.00000300. The normalized spacial score (nSPS) is 13.9. The van der Waals surface area contributed by atoms with E-state index in [2.05, 4.69) is 46.0 Å². The topological polar surface area (TPSA) is 56.7 Å². The lowest BCUT2D eigenvalue weighted by Gasteiger charge is -2.16. The molecule has 7 heteroatoms. The molecule has 1 aliphatic heterocycles. The highest BCUT2D eigenvalue weighted by Crippen LogP contribution is 2.15. The lowest BCUT2D eigenvalue weighted by Crippen LogP contribution is -2.37. The number of nitrogens with one attached hydrogen (secondary N) is 2. The Labute approximate surface area is 194 Å². The van der Waals surface area contributed by atoms with Crippen LogP contribution in [0.25, 0.3) is 0 Å². The number of amides is 1. The van der Waals surface area contributed by atoms with E-state index in [4.69, 9.17) is 11.6 Å². The van der Waals surface area contributed by atoms with Gasteiger partial charge in [-0.25, -0.2) is 0 Å². The summed E-state index contributed by atoms with van der Waals surface area (Å²) >= 11 is 6.02. The van der Waals surface area contributed by atoms with Crippen LogP contribution in [0.15, 0.2) is 53.5 Å². The van der Waals surface area contributed by atoms with Crippen LogP contribution in [0.3, 0.4) is 0 Å². The molecule has 1 heterocycles. The SMILES string of the molecule is CN=C(NCCc1cccc(Cl)c1)NCc1ccc(CN2CCCC2=O)cc1.I. The van der Waals surface area contributed by atoms with E-state index in [-0.39, 0.29) is 29.9 Å². The van der Waals surface area contributed by atoms with Gasteiger partial charge in [-0.2, -0.15) is 0 Å². The smallest absolute Gasteiger partial charge is 0.222 e. The van der Waals surface area contributed by atoms with E-state index in [0.717, 1.165) is 36.9 Å². The fraction of sp³-hybridized carbons (Fsp3) is 0.364. The molecular weight excluding hydrogens is 499 g/mol. The summed E-state index contributed by atoms with van der Waals surface area (Å²) in [5.74, 6) is 1.03. The number of nitrogens with zero attached hydrogens (tertiary/aromatic N) is 2. The molecule has 1 fully saturated rings. The average Bonchev–Trinajstić information content (AvgIpc) is 3.10. The van der Waals surface area contributed by atoms with Crippen molar-refractivity contribution in [2.24, 2.45) is 4.99 Å². The van der Waals surface area contributed by atoms with Crippen molar-refractivity contribution in [1.82, 2.24) is 15.5 Å². The van der Waals surface area contributed by atoms with Gasteiger partial charge in [-0.15, -0.1) is 24.0 Å². The van der Waals surface area contributed by atoms with Crippen LogP contribution < -0.4 is 10.6 Å². The van der Waals surface area contributed by atoms with Crippen LogP contribution >= 0.6 is 35.6 Å². The second kappa shape index (κ2) is 12.0. The Morgan fingerprint density at radius 3 is 2.52 bits per heavy atom. The monoisotopic (exact) mass is 526 g/mol. The van der Waals surface area contributed by atoms with Crippen molar-refractivity contribution in [1.29, 1.82) is 0 Å². The number of rotatable bonds is 7. The van der Waals surface area contributed by atoms with Gasteiger partial charge >= 0.3 is 0 Å². The van der Waals surface area contributed by atoms with E-state index in [1.165, 1.54) is 16.7 Å². The molecule has 1 aliphatic rings. The summed E-state index contributed by atoms with van der Waals surface area (Å²) in [6, 6.07) is 16.3. The number of benzene rings is 2. The molecule has 0 saturated carbocycles. The van der Waals surface area contributed by atoms with Crippen molar-refractivity contribution >= 4 is 47.4 Å². The first-order chi connectivity index (χ1) is 13.6. The van der Waals surface area contributed by atoms with Crippen molar-refractivity contribution in [2.45, 2.75) is 32.4 Å². The lowest BCUT2D eigenvalue weighted by molar-refractivity contribution is -0.128. The van der Waals surface area contributed by atoms with E-state index in [0.29, 0.717) is 19.5 Å².